The normalized spacial score (nSPS) is 10.2. The van der Waals surface area contributed by atoms with Gasteiger partial charge in [0.15, 0.2) is 5.75 Å². The number of hydrogen-bond acceptors (Lipinski definition) is 5. The molecule has 0 radical (unpaired) electrons. The molecule has 0 fully saturated rings. The van der Waals surface area contributed by atoms with Crippen molar-refractivity contribution in [1.82, 2.24) is 4.98 Å². The molecule has 154 valence electrons. The lowest BCUT2D eigenvalue weighted by atomic mass is 9.98. The zero-order chi connectivity index (χ0) is 21.7. The predicted molar refractivity (Wildman–Crippen MR) is 112 cm³/mol. The van der Waals surface area contributed by atoms with E-state index in [-0.39, 0.29) is 5.88 Å². The van der Waals surface area contributed by atoms with Gasteiger partial charge < -0.3 is 19.7 Å². The number of carbonyl (C=O) groups is 2. The Morgan fingerprint density at radius 3 is 1.93 bits per heavy atom. The Kier molecular flexibility index (Phi) is 6.02. The topological polar surface area (TPSA) is 130 Å². The predicted octanol–water partition coefficient (Wildman–Crippen LogP) is 4.61. The first kappa shape index (κ1) is 20.5. The van der Waals surface area contributed by atoms with Crippen LogP contribution in [0.25, 0.3) is 22.4 Å². The van der Waals surface area contributed by atoms with E-state index in [9.17, 15) is 9.59 Å². The van der Waals surface area contributed by atoms with Gasteiger partial charge >= 0.3 is 12.2 Å². The first-order valence-electron chi connectivity index (χ1n) is 8.75. The lowest BCUT2D eigenvalue weighted by Crippen LogP contribution is -2.07. The van der Waals surface area contributed by atoms with Crippen LogP contribution >= 0.6 is 0 Å². The van der Waals surface area contributed by atoms with Gasteiger partial charge in [-0.3, -0.25) is 10.6 Å². The third-order valence-electron chi connectivity index (χ3n) is 4.18. The zero-order valence-electron chi connectivity index (χ0n) is 16.2. The van der Waals surface area contributed by atoms with E-state index in [1.54, 1.807) is 54.6 Å². The molecule has 0 saturated carbocycles. The van der Waals surface area contributed by atoms with Gasteiger partial charge in [0.05, 0.1) is 19.9 Å². The van der Waals surface area contributed by atoms with Crippen LogP contribution in [-0.2, 0) is 0 Å². The highest BCUT2D eigenvalue weighted by molar-refractivity contribution is 5.89. The SMILES string of the molecule is COc1cc(-c2cccc(NC(=O)O)c2)c(-c2cccc(NC(=O)O)c2)nc1OC. The summed E-state index contributed by atoms with van der Waals surface area (Å²) in [6, 6.07) is 15.3. The molecule has 0 bridgehead atoms. The van der Waals surface area contributed by atoms with Gasteiger partial charge in [0.25, 0.3) is 5.88 Å². The molecule has 2 aromatic carbocycles. The van der Waals surface area contributed by atoms with Crippen LogP contribution in [0.1, 0.15) is 0 Å². The average molecular weight is 409 g/mol. The Balaban J connectivity index is 2.20. The first-order valence-corrected chi connectivity index (χ1v) is 8.75. The van der Waals surface area contributed by atoms with Gasteiger partial charge in [-0.2, -0.15) is 0 Å². The van der Waals surface area contributed by atoms with Crippen molar-refractivity contribution in [2.45, 2.75) is 0 Å². The number of pyridine rings is 1. The molecule has 0 aliphatic carbocycles. The van der Waals surface area contributed by atoms with Crippen LogP contribution in [0.4, 0.5) is 21.0 Å². The molecule has 1 aromatic heterocycles. The zero-order valence-corrected chi connectivity index (χ0v) is 16.2. The molecule has 2 amide bonds. The van der Waals surface area contributed by atoms with E-state index < -0.39 is 12.2 Å². The maximum Gasteiger partial charge on any atom is 0.409 e. The van der Waals surface area contributed by atoms with Crippen molar-refractivity contribution in [2.75, 3.05) is 24.9 Å². The summed E-state index contributed by atoms with van der Waals surface area (Å²) in [7, 11) is 2.96. The molecule has 0 unspecified atom stereocenters. The van der Waals surface area contributed by atoms with Crippen molar-refractivity contribution in [1.29, 1.82) is 0 Å². The second-order valence-electron chi connectivity index (χ2n) is 6.12. The summed E-state index contributed by atoms with van der Waals surface area (Å²) >= 11 is 0. The Bertz CT molecular complexity index is 1010. The standard InChI is InChI=1S/C21H19N3O6/c1-29-17-11-16(12-5-3-7-14(9-12)22-20(25)26)18(24-19(17)30-2)13-6-4-8-15(10-13)23-21(27)28/h3-11,22-23H,1-2H3,(H,25,26)(H,27,28). The largest absolute Gasteiger partial charge is 0.491 e. The van der Waals surface area contributed by atoms with E-state index in [0.29, 0.717) is 39.5 Å². The molecule has 3 aromatic rings. The Morgan fingerprint density at radius 1 is 0.833 bits per heavy atom. The van der Waals surface area contributed by atoms with Gasteiger partial charge in [-0.1, -0.05) is 24.3 Å². The quantitative estimate of drug-likeness (QED) is 0.467. The molecular weight excluding hydrogens is 390 g/mol. The fraction of sp³-hybridized carbons (Fsp3) is 0.0952. The summed E-state index contributed by atoms with van der Waals surface area (Å²) in [5, 5.41) is 22.6. The lowest BCUT2D eigenvalue weighted by molar-refractivity contribution is 0.208. The van der Waals surface area contributed by atoms with Crippen LogP contribution in [-0.4, -0.2) is 41.6 Å². The number of nitrogens with one attached hydrogen (secondary N) is 2. The van der Waals surface area contributed by atoms with Crippen LogP contribution in [0, 0.1) is 0 Å². The van der Waals surface area contributed by atoms with Gasteiger partial charge in [0, 0.05) is 22.5 Å². The minimum atomic E-state index is -1.18. The van der Waals surface area contributed by atoms with Crippen molar-refractivity contribution < 1.29 is 29.3 Å². The Labute approximate surface area is 171 Å². The fourth-order valence-corrected chi connectivity index (χ4v) is 2.97. The molecular formula is C21H19N3O6. The summed E-state index contributed by atoms with van der Waals surface area (Å²) in [5.41, 5.74) is 3.24. The molecule has 9 nitrogen and oxygen atoms in total. The highest BCUT2D eigenvalue weighted by Gasteiger charge is 2.17. The maximum absolute atomic E-state index is 11.0. The molecule has 3 rings (SSSR count). The highest BCUT2D eigenvalue weighted by atomic mass is 16.5. The van der Waals surface area contributed by atoms with Crippen molar-refractivity contribution in [3.05, 3.63) is 54.6 Å². The minimum absolute atomic E-state index is 0.257. The third kappa shape index (κ3) is 4.58. The summed E-state index contributed by atoms with van der Waals surface area (Å²) in [6.45, 7) is 0. The van der Waals surface area contributed by atoms with Crippen LogP contribution < -0.4 is 20.1 Å². The number of amides is 2. The summed E-state index contributed by atoms with van der Waals surface area (Å²) in [6.07, 6.45) is -2.36. The van der Waals surface area contributed by atoms with Crippen molar-refractivity contribution >= 4 is 23.6 Å². The number of carboxylic acid groups (broad SMARTS) is 2. The van der Waals surface area contributed by atoms with Crippen molar-refractivity contribution in [2.24, 2.45) is 0 Å². The average Bonchev–Trinajstić information content (AvgIpc) is 2.72. The van der Waals surface area contributed by atoms with E-state index in [1.165, 1.54) is 14.2 Å². The molecule has 30 heavy (non-hydrogen) atoms. The number of rotatable bonds is 6. The minimum Gasteiger partial charge on any atom is -0.491 e. The van der Waals surface area contributed by atoms with Crippen molar-refractivity contribution in [3.8, 4) is 34.0 Å². The molecule has 1 heterocycles. The third-order valence-corrected chi connectivity index (χ3v) is 4.18. The first-order chi connectivity index (χ1) is 14.4. The van der Waals surface area contributed by atoms with Gasteiger partial charge in [-0.15, -0.1) is 0 Å². The number of anilines is 2. The van der Waals surface area contributed by atoms with Gasteiger partial charge in [0.1, 0.15) is 0 Å². The monoisotopic (exact) mass is 409 g/mol. The van der Waals surface area contributed by atoms with Crippen LogP contribution in [0.15, 0.2) is 54.6 Å². The van der Waals surface area contributed by atoms with Gasteiger partial charge in [-0.05, 0) is 35.9 Å². The summed E-state index contributed by atoms with van der Waals surface area (Å²) in [5.74, 6) is 0.653. The van der Waals surface area contributed by atoms with E-state index in [2.05, 4.69) is 15.6 Å². The number of aromatic nitrogens is 1. The van der Waals surface area contributed by atoms with Gasteiger partial charge in [-0.25, -0.2) is 14.6 Å². The summed E-state index contributed by atoms with van der Waals surface area (Å²) in [4.78, 5) is 26.6. The Hall–Kier alpha value is -4.27. The number of methoxy groups -OCH3 is 2. The van der Waals surface area contributed by atoms with Crippen LogP contribution in [0.3, 0.4) is 0 Å². The van der Waals surface area contributed by atoms with Gasteiger partial charge in [0.2, 0.25) is 0 Å². The molecule has 0 saturated heterocycles. The lowest BCUT2D eigenvalue weighted by Gasteiger charge is -2.15. The molecule has 0 spiro atoms. The van der Waals surface area contributed by atoms with E-state index in [1.807, 2.05) is 0 Å². The number of ether oxygens (including phenoxy) is 2. The maximum atomic E-state index is 11.0. The molecule has 4 N–H and O–H groups in total. The number of benzene rings is 2. The van der Waals surface area contributed by atoms with Crippen LogP contribution in [0.2, 0.25) is 0 Å². The highest BCUT2D eigenvalue weighted by Crippen LogP contribution is 2.39. The van der Waals surface area contributed by atoms with Crippen LogP contribution in [0.5, 0.6) is 11.6 Å². The second-order valence-corrected chi connectivity index (χ2v) is 6.12. The molecule has 0 aliphatic rings. The van der Waals surface area contributed by atoms with E-state index in [0.717, 1.165) is 0 Å². The number of hydrogen-bond donors (Lipinski definition) is 4. The second kappa shape index (κ2) is 8.82. The number of nitrogens with zero attached hydrogens (tertiary/aromatic N) is 1. The smallest absolute Gasteiger partial charge is 0.409 e. The van der Waals surface area contributed by atoms with E-state index >= 15 is 0 Å². The Morgan fingerprint density at radius 2 is 1.40 bits per heavy atom. The summed E-state index contributed by atoms with van der Waals surface area (Å²) < 4.78 is 10.7. The molecule has 9 heteroatoms. The molecule has 0 aliphatic heterocycles. The molecule has 0 atom stereocenters. The van der Waals surface area contributed by atoms with E-state index in [4.69, 9.17) is 19.7 Å². The van der Waals surface area contributed by atoms with Crippen molar-refractivity contribution in [3.63, 3.8) is 0 Å². The fourth-order valence-electron chi connectivity index (χ4n) is 2.97.